The number of aliphatic hydroxyl groups is 2. The number of rotatable bonds is 5. The van der Waals surface area contributed by atoms with Crippen molar-refractivity contribution in [3.8, 4) is 0 Å². The van der Waals surface area contributed by atoms with Gasteiger partial charge in [0.05, 0.1) is 17.0 Å². The molecule has 0 aliphatic heterocycles. The number of alkyl halides is 2. The Kier molecular flexibility index (Phi) is 5.80. The second-order valence-corrected chi connectivity index (χ2v) is 9.51. The Morgan fingerprint density at radius 2 is 1.97 bits per heavy atom. The number of aryl methyl sites for hydroxylation is 1. The van der Waals surface area contributed by atoms with Gasteiger partial charge in [-0.25, -0.2) is 18.2 Å². The molecule has 2 aliphatic rings. The van der Waals surface area contributed by atoms with Crippen LogP contribution in [0, 0.1) is 17.7 Å². The van der Waals surface area contributed by atoms with E-state index in [2.05, 4.69) is 10.3 Å². The quantitative estimate of drug-likeness (QED) is 0.612. The minimum Gasteiger partial charge on any atom is -0.387 e. The number of amides is 1. The summed E-state index contributed by atoms with van der Waals surface area (Å²) < 4.78 is 43.8. The summed E-state index contributed by atoms with van der Waals surface area (Å²) in [7, 11) is 1.68. The van der Waals surface area contributed by atoms with Crippen LogP contribution < -0.4 is 5.32 Å². The van der Waals surface area contributed by atoms with Gasteiger partial charge >= 0.3 is 5.92 Å². The highest BCUT2D eigenvalue weighted by molar-refractivity contribution is 6.31. The first-order chi connectivity index (χ1) is 14.9. The van der Waals surface area contributed by atoms with Gasteiger partial charge < -0.3 is 20.1 Å². The number of benzene rings is 1. The zero-order chi connectivity index (χ0) is 23.4. The molecule has 2 aromatic rings. The maximum absolute atomic E-state index is 14.4. The van der Waals surface area contributed by atoms with Gasteiger partial charge in [-0.1, -0.05) is 11.6 Å². The fourth-order valence-corrected chi connectivity index (χ4v) is 5.52. The van der Waals surface area contributed by atoms with E-state index < -0.39 is 29.4 Å². The third kappa shape index (κ3) is 3.80. The highest BCUT2D eigenvalue weighted by Gasteiger charge is 2.62. The molecule has 1 amide bonds. The Morgan fingerprint density at radius 3 is 2.53 bits per heavy atom. The molecule has 2 fully saturated rings. The van der Waals surface area contributed by atoms with Crippen molar-refractivity contribution >= 4 is 23.2 Å². The average Bonchev–Trinajstić information content (AvgIpc) is 3.35. The molecular weight excluding hydrogens is 447 g/mol. The molecule has 2 saturated carbocycles. The van der Waals surface area contributed by atoms with Crippen LogP contribution in [0.2, 0.25) is 5.02 Å². The number of carbonyl (C=O) groups excluding carboxylic acids is 1. The Bertz CT molecular complexity index is 1030. The molecule has 0 radical (unpaired) electrons. The molecule has 0 bridgehead atoms. The van der Waals surface area contributed by atoms with Gasteiger partial charge in [0.2, 0.25) is 0 Å². The van der Waals surface area contributed by atoms with Crippen molar-refractivity contribution in [2.75, 3.05) is 5.32 Å². The van der Waals surface area contributed by atoms with E-state index in [-0.39, 0.29) is 35.6 Å². The van der Waals surface area contributed by atoms with Crippen LogP contribution in [0.4, 0.5) is 18.9 Å². The molecule has 0 saturated heterocycles. The number of carbonyl (C=O) groups is 1. The maximum Gasteiger partial charge on any atom is 0.301 e. The summed E-state index contributed by atoms with van der Waals surface area (Å²) in [5, 5.41) is 22.6. The predicted molar refractivity (Wildman–Crippen MR) is 112 cm³/mol. The minimum atomic E-state index is -3.58. The molecule has 3 N–H and O–H groups in total. The van der Waals surface area contributed by atoms with Crippen molar-refractivity contribution in [3.05, 3.63) is 46.8 Å². The number of halogens is 4. The van der Waals surface area contributed by atoms with Gasteiger partial charge in [-0.05, 0) is 62.6 Å². The molecular formula is C22H25ClF3N3O3. The van der Waals surface area contributed by atoms with Crippen LogP contribution in [-0.4, -0.2) is 43.3 Å². The molecule has 32 heavy (non-hydrogen) atoms. The largest absolute Gasteiger partial charge is 0.387 e. The van der Waals surface area contributed by atoms with Crippen LogP contribution in [-0.2, 0) is 7.05 Å². The smallest absolute Gasteiger partial charge is 0.301 e. The van der Waals surface area contributed by atoms with Gasteiger partial charge in [0.25, 0.3) is 5.91 Å². The summed E-state index contributed by atoms with van der Waals surface area (Å²) >= 11 is 5.78. The number of aromatic nitrogens is 2. The summed E-state index contributed by atoms with van der Waals surface area (Å²) in [6.45, 7) is 0.988. The van der Waals surface area contributed by atoms with Crippen LogP contribution in [0.5, 0.6) is 0 Å². The Labute approximate surface area is 188 Å². The SMILES string of the molecule is CC(O)C(F)(F)C1(O)CC2CC(c3ncn(C)c3C(=O)Nc3ccc(F)c(Cl)c3)CC2C1. The van der Waals surface area contributed by atoms with Crippen LogP contribution in [0.15, 0.2) is 24.5 Å². The number of hydrogen-bond acceptors (Lipinski definition) is 4. The van der Waals surface area contributed by atoms with Crippen molar-refractivity contribution in [2.24, 2.45) is 18.9 Å². The topological polar surface area (TPSA) is 87.4 Å². The van der Waals surface area contributed by atoms with E-state index in [1.807, 2.05) is 0 Å². The van der Waals surface area contributed by atoms with Crippen LogP contribution in [0.25, 0.3) is 0 Å². The summed E-state index contributed by atoms with van der Waals surface area (Å²) in [6.07, 6.45) is 0.412. The summed E-state index contributed by atoms with van der Waals surface area (Å²) in [6, 6.07) is 3.87. The number of anilines is 1. The van der Waals surface area contributed by atoms with Crippen LogP contribution in [0.3, 0.4) is 0 Å². The minimum absolute atomic E-state index is 0.103. The highest BCUT2D eigenvalue weighted by Crippen LogP contribution is 2.57. The number of fused-ring (bicyclic) bond motifs is 1. The molecule has 4 rings (SSSR count). The fourth-order valence-electron chi connectivity index (χ4n) is 5.33. The van der Waals surface area contributed by atoms with Crippen molar-refractivity contribution in [3.63, 3.8) is 0 Å². The van der Waals surface area contributed by atoms with Gasteiger partial charge in [0.1, 0.15) is 23.2 Å². The monoisotopic (exact) mass is 471 g/mol. The first-order valence-corrected chi connectivity index (χ1v) is 10.9. The molecule has 174 valence electrons. The van der Waals surface area contributed by atoms with E-state index in [9.17, 15) is 28.2 Å². The van der Waals surface area contributed by atoms with Gasteiger partial charge in [-0.2, -0.15) is 0 Å². The van der Waals surface area contributed by atoms with E-state index >= 15 is 0 Å². The molecule has 10 heteroatoms. The first-order valence-electron chi connectivity index (χ1n) is 10.5. The van der Waals surface area contributed by atoms with Crippen molar-refractivity contribution < 1.29 is 28.2 Å². The zero-order valence-electron chi connectivity index (χ0n) is 17.7. The number of hydrogen-bond donors (Lipinski definition) is 3. The number of nitrogens with zero attached hydrogens (tertiary/aromatic N) is 2. The molecule has 6 nitrogen and oxygen atoms in total. The number of imidazole rings is 1. The lowest BCUT2D eigenvalue weighted by atomic mass is 9.85. The Balaban J connectivity index is 1.50. The third-order valence-corrected chi connectivity index (χ3v) is 7.22. The standard InChI is InChI=1S/C22H25ClF3N3O3/c1-11(30)22(25,26)21(32)8-13-5-12(6-14(13)9-21)18-19(29(2)10-27-18)20(31)28-15-3-4-17(24)16(23)7-15/h3-4,7,10-14,30,32H,5-6,8-9H2,1-2H3,(H,28,31). The second-order valence-electron chi connectivity index (χ2n) is 9.10. The molecule has 1 aromatic heterocycles. The first kappa shape index (κ1) is 23.1. The third-order valence-electron chi connectivity index (χ3n) is 6.93. The van der Waals surface area contributed by atoms with Crippen molar-refractivity contribution in [1.29, 1.82) is 0 Å². The van der Waals surface area contributed by atoms with Crippen molar-refractivity contribution in [1.82, 2.24) is 9.55 Å². The van der Waals surface area contributed by atoms with E-state index in [4.69, 9.17) is 11.6 Å². The molecule has 3 atom stereocenters. The van der Waals surface area contributed by atoms with Gasteiger partial charge in [-0.15, -0.1) is 0 Å². The number of aliphatic hydroxyl groups excluding tert-OH is 1. The van der Waals surface area contributed by atoms with Crippen molar-refractivity contribution in [2.45, 2.75) is 56.2 Å². The van der Waals surface area contributed by atoms with Gasteiger partial charge in [0.15, 0.2) is 0 Å². The predicted octanol–water partition coefficient (Wildman–Crippen LogP) is 4.12. The van der Waals surface area contributed by atoms with E-state index in [1.54, 1.807) is 11.6 Å². The number of nitrogens with one attached hydrogen (secondary N) is 1. The molecule has 3 unspecified atom stereocenters. The lowest BCUT2D eigenvalue weighted by Crippen LogP contribution is -2.53. The summed E-state index contributed by atoms with van der Waals surface area (Å²) in [5.41, 5.74) is -0.992. The van der Waals surface area contributed by atoms with Crippen LogP contribution in [0.1, 0.15) is 54.7 Å². The molecule has 2 aliphatic carbocycles. The second kappa shape index (κ2) is 8.04. The van der Waals surface area contributed by atoms with E-state index in [0.29, 0.717) is 29.9 Å². The van der Waals surface area contributed by atoms with E-state index in [0.717, 1.165) is 13.0 Å². The summed E-state index contributed by atoms with van der Waals surface area (Å²) in [4.78, 5) is 17.3. The maximum atomic E-state index is 14.4. The van der Waals surface area contributed by atoms with E-state index in [1.165, 1.54) is 18.5 Å². The molecule has 1 heterocycles. The average molecular weight is 472 g/mol. The lowest BCUT2D eigenvalue weighted by molar-refractivity contribution is -0.226. The highest BCUT2D eigenvalue weighted by atomic mass is 35.5. The normalized spacial score (nSPS) is 28.6. The molecule has 1 aromatic carbocycles. The zero-order valence-corrected chi connectivity index (χ0v) is 18.4. The van der Waals surface area contributed by atoms with Crippen LogP contribution >= 0.6 is 11.6 Å². The summed E-state index contributed by atoms with van der Waals surface area (Å²) in [5.74, 6) is -5.03. The Morgan fingerprint density at radius 1 is 1.34 bits per heavy atom. The fraction of sp³-hybridized carbons (Fsp3) is 0.545. The lowest BCUT2D eigenvalue weighted by Gasteiger charge is -2.35. The van der Waals surface area contributed by atoms with Gasteiger partial charge in [0, 0.05) is 18.7 Å². The Hall–Kier alpha value is -2.10. The molecule has 0 spiro atoms. The van der Waals surface area contributed by atoms with Gasteiger partial charge in [-0.3, -0.25) is 4.79 Å².